The predicted molar refractivity (Wildman–Crippen MR) is 66.9 cm³/mol. The summed E-state index contributed by atoms with van der Waals surface area (Å²) in [6, 6.07) is 6.32. The van der Waals surface area contributed by atoms with Crippen molar-refractivity contribution in [1.29, 1.82) is 0 Å². The van der Waals surface area contributed by atoms with Gasteiger partial charge in [0, 0.05) is 19.6 Å². The number of aromatic nitrogens is 1. The zero-order valence-corrected chi connectivity index (χ0v) is 10.8. The molecule has 0 fully saturated rings. The van der Waals surface area contributed by atoms with Crippen LogP contribution in [0, 0.1) is 10.5 Å². The van der Waals surface area contributed by atoms with Gasteiger partial charge >= 0.3 is 0 Å². The monoisotopic (exact) mass is 347 g/mol. The first-order valence-electron chi connectivity index (χ1n) is 3.88. The third-order valence-electron chi connectivity index (χ3n) is 1.91. The molecule has 0 spiro atoms. The zero-order valence-electron chi connectivity index (χ0n) is 7.01. The summed E-state index contributed by atoms with van der Waals surface area (Å²) in [5.74, 6) is 0. The largest absolute Gasteiger partial charge is 0.255 e. The normalized spacial score (nSPS) is 10.7. The summed E-state index contributed by atoms with van der Waals surface area (Å²) >= 11 is 5.75. The minimum absolute atomic E-state index is 1.09. The number of hydrogen-bond donors (Lipinski definition) is 0. The molecule has 1 aromatic heterocycles. The summed E-state index contributed by atoms with van der Waals surface area (Å²) in [4.78, 5) is 4.39. The van der Waals surface area contributed by atoms with Gasteiger partial charge in [-0.3, -0.25) is 4.98 Å². The number of rotatable bonds is 0. The van der Waals surface area contributed by atoms with Crippen LogP contribution in [0.15, 0.2) is 28.9 Å². The van der Waals surface area contributed by atoms with E-state index in [0.717, 1.165) is 9.99 Å². The molecule has 0 aliphatic rings. The molecule has 1 nitrogen and oxygen atoms in total. The SMILES string of the molecule is Cc1cc(Br)cc2cc(I)cnc12. The minimum Gasteiger partial charge on any atom is -0.255 e. The molecule has 1 heterocycles. The maximum absolute atomic E-state index is 4.39. The quantitative estimate of drug-likeness (QED) is 0.658. The minimum atomic E-state index is 1.09. The molecule has 0 saturated carbocycles. The fourth-order valence-electron chi connectivity index (χ4n) is 1.36. The van der Waals surface area contributed by atoms with E-state index in [4.69, 9.17) is 0 Å². The van der Waals surface area contributed by atoms with E-state index in [1.54, 1.807) is 0 Å². The molecule has 1 aromatic carbocycles. The number of benzene rings is 1. The number of fused-ring (bicyclic) bond motifs is 1. The molecule has 0 saturated heterocycles. The lowest BCUT2D eigenvalue weighted by Gasteiger charge is -2.02. The third kappa shape index (κ3) is 1.86. The Balaban J connectivity index is 2.86. The highest BCUT2D eigenvalue weighted by Gasteiger charge is 2.00. The number of hydrogen-bond acceptors (Lipinski definition) is 1. The first-order chi connectivity index (χ1) is 6.16. The van der Waals surface area contributed by atoms with Crippen molar-refractivity contribution >= 4 is 49.4 Å². The summed E-state index contributed by atoms with van der Waals surface area (Å²) < 4.78 is 2.28. The Hall–Kier alpha value is -0.160. The second kappa shape index (κ2) is 3.53. The molecule has 66 valence electrons. The van der Waals surface area contributed by atoms with Gasteiger partial charge in [0.2, 0.25) is 0 Å². The van der Waals surface area contributed by atoms with Gasteiger partial charge in [-0.1, -0.05) is 15.9 Å². The molecule has 0 aliphatic carbocycles. The highest BCUT2D eigenvalue weighted by atomic mass is 127. The second-order valence-electron chi connectivity index (χ2n) is 2.95. The number of aryl methyl sites for hydroxylation is 1. The Morgan fingerprint density at radius 3 is 2.85 bits per heavy atom. The molecule has 0 bridgehead atoms. The van der Waals surface area contributed by atoms with E-state index < -0.39 is 0 Å². The molecule has 2 aromatic rings. The lowest BCUT2D eigenvalue weighted by atomic mass is 10.1. The Bertz CT molecular complexity index is 462. The topological polar surface area (TPSA) is 12.9 Å². The molecule has 0 aliphatic heterocycles. The van der Waals surface area contributed by atoms with Crippen LogP contribution in [0.25, 0.3) is 10.9 Å². The Labute approximate surface area is 98.8 Å². The standard InChI is InChI=1S/C10H7BrIN/c1-6-2-8(11)3-7-4-9(12)5-13-10(6)7/h2-5H,1H3. The van der Waals surface area contributed by atoms with E-state index in [1.807, 2.05) is 6.20 Å². The third-order valence-corrected chi connectivity index (χ3v) is 2.95. The van der Waals surface area contributed by atoms with Gasteiger partial charge in [-0.15, -0.1) is 0 Å². The first-order valence-corrected chi connectivity index (χ1v) is 5.75. The molecule has 0 radical (unpaired) electrons. The van der Waals surface area contributed by atoms with Gasteiger partial charge in [0.15, 0.2) is 0 Å². The van der Waals surface area contributed by atoms with Crippen LogP contribution in [0.5, 0.6) is 0 Å². The Kier molecular flexibility index (Phi) is 2.55. The van der Waals surface area contributed by atoms with Gasteiger partial charge in [-0.2, -0.15) is 0 Å². The molecule has 2 rings (SSSR count). The van der Waals surface area contributed by atoms with Crippen molar-refractivity contribution in [3.8, 4) is 0 Å². The van der Waals surface area contributed by atoms with Crippen LogP contribution in [0.1, 0.15) is 5.56 Å². The number of pyridine rings is 1. The van der Waals surface area contributed by atoms with Crippen molar-refractivity contribution in [3.63, 3.8) is 0 Å². The lowest BCUT2D eigenvalue weighted by Crippen LogP contribution is -1.84. The summed E-state index contributed by atoms with van der Waals surface area (Å²) in [6.07, 6.45) is 1.89. The van der Waals surface area contributed by atoms with Crippen LogP contribution >= 0.6 is 38.5 Å². The Morgan fingerprint density at radius 1 is 1.31 bits per heavy atom. The molecule has 13 heavy (non-hydrogen) atoms. The van der Waals surface area contributed by atoms with Gasteiger partial charge in [0.05, 0.1) is 5.52 Å². The molecule has 0 unspecified atom stereocenters. The van der Waals surface area contributed by atoms with Crippen LogP contribution in [-0.2, 0) is 0 Å². The highest BCUT2D eigenvalue weighted by Crippen LogP contribution is 2.23. The zero-order chi connectivity index (χ0) is 9.42. The molecule has 3 heteroatoms. The average Bonchev–Trinajstić information content (AvgIpc) is 2.02. The van der Waals surface area contributed by atoms with Crippen LogP contribution in [0.2, 0.25) is 0 Å². The van der Waals surface area contributed by atoms with Crippen LogP contribution in [0.4, 0.5) is 0 Å². The van der Waals surface area contributed by atoms with Crippen LogP contribution < -0.4 is 0 Å². The summed E-state index contributed by atoms with van der Waals surface area (Å²) in [5.41, 5.74) is 2.30. The van der Waals surface area contributed by atoms with E-state index in [1.165, 1.54) is 14.5 Å². The smallest absolute Gasteiger partial charge is 0.0732 e. The predicted octanol–water partition coefficient (Wildman–Crippen LogP) is 3.91. The fourth-order valence-corrected chi connectivity index (χ4v) is 2.42. The summed E-state index contributed by atoms with van der Waals surface area (Å²) in [6.45, 7) is 2.08. The Morgan fingerprint density at radius 2 is 2.08 bits per heavy atom. The van der Waals surface area contributed by atoms with Crippen molar-refractivity contribution in [2.75, 3.05) is 0 Å². The first kappa shape index (κ1) is 9.40. The second-order valence-corrected chi connectivity index (χ2v) is 5.11. The van der Waals surface area contributed by atoms with Crippen molar-refractivity contribution in [2.45, 2.75) is 6.92 Å². The van der Waals surface area contributed by atoms with Crippen molar-refractivity contribution in [1.82, 2.24) is 4.98 Å². The van der Waals surface area contributed by atoms with E-state index in [9.17, 15) is 0 Å². The summed E-state index contributed by atoms with van der Waals surface area (Å²) in [7, 11) is 0. The summed E-state index contributed by atoms with van der Waals surface area (Å²) in [5, 5.41) is 1.19. The number of halogens is 2. The molecular weight excluding hydrogens is 341 g/mol. The average molecular weight is 348 g/mol. The van der Waals surface area contributed by atoms with E-state index in [0.29, 0.717) is 0 Å². The van der Waals surface area contributed by atoms with Gasteiger partial charge < -0.3 is 0 Å². The maximum Gasteiger partial charge on any atom is 0.0732 e. The van der Waals surface area contributed by atoms with Crippen LogP contribution in [-0.4, -0.2) is 4.98 Å². The highest BCUT2D eigenvalue weighted by molar-refractivity contribution is 14.1. The molecular formula is C10H7BrIN. The van der Waals surface area contributed by atoms with Crippen LogP contribution in [0.3, 0.4) is 0 Å². The van der Waals surface area contributed by atoms with Gasteiger partial charge in [0.1, 0.15) is 0 Å². The maximum atomic E-state index is 4.39. The fraction of sp³-hybridized carbons (Fsp3) is 0.100. The van der Waals surface area contributed by atoms with Crippen molar-refractivity contribution in [3.05, 3.63) is 38.0 Å². The number of nitrogens with zero attached hydrogens (tertiary/aromatic N) is 1. The molecule has 0 N–H and O–H groups in total. The molecule has 0 atom stereocenters. The van der Waals surface area contributed by atoms with Gasteiger partial charge in [-0.25, -0.2) is 0 Å². The van der Waals surface area contributed by atoms with Crippen molar-refractivity contribution < 1.29 is 0 Å². The van der Waals surface area contributed by atoms with Gasteiger partial charge in [0.25, 0.3) is 0 Å². The van der Waals surface area contributed by atoms with E-state index in [2.05, 4.69) is 68.6 Å². The van der Waals surface area contributed by atoms with E-state index in [-0.39, 0.29) is 0 Å². The van der Waals surface area contributed by atoms with Gasteiger partial charge in [-0.05, 0) is 53.3 Å². The molecule has 0 amide bonds. The van der Waals surface area contributed by atoms with E-state index >= 15 is 0 Å². The van der Waals surface area contributed by atoms with Crippen molar-refractivity contribution in [2.24, 2.45) is 0 Å². The lowest BCUT2D eigenvalue weighted by molar-refractivity contribution is 1.34.